The van der Waals surface area contributed by atoms with Gasteiger partial charge in [-0.1, -0.05) is 6.92 Å². The fraction of sp³-hybridized carbons (Fsp3) is 0.692. The topological polar surface area (TPSA) is 12.0 Å². The van der Waals surface area contributed by atoms with E-state index in [1.165, 1.54) is 37.7 Å². The quantitative estimate of drug-likeness (QED) is 0.824. The van der Waals surface area contributed by atoms with Crippen molar-refractivity contribution in [3.05, 3.63) is 22.4 Å². The van der Waals surface area contributed by atoms with Crippen molar-refractivity contribution in [2.24, 2.45) is 5.92 Å². The van der Waals surface area contributed by atoms with Crippen LogP contribution >= 0.6 is 11.3 Å². The van der Waals surface area contributed by atoms with E-state index >= 15 is 0 Å². The molecule has 0 spiro atoms. The molecule has 1 aromatic rings. The maximum Gasteiger partial charge on any atom is 0.00673 e. The minimum Gasteiger partial charge on any atom is -0.314 e. The third-order valence-electron chi connectivity index (χ3n) is 3.44. The minimum absolute atomic E-state index is 0.792. The Hall–Kier alpha value is -0.340. The van der Waals surface area contributed by atoms with Gasteiger partial charge in [-0.05, 0) is 67.0 Å². The molecule has 0 amide bonds. The van der Waals surface area contributed by atoms with Crippen molar-refractivity contribution in [3.63, 3.8) is 0 Å². The molecule has 1 aliphatic carbocycles. The first-order valence-electron chi connectivity index (χ1n) is 6.09. The first-order chi connectivity index (χ1) is 7.34. The standard InChI is InChI=1S/C13H21NS/c1-11-2-4-13(5-3-11)14-8-6-12-7-9-15-10-12/h7,9-11,13-14H,2-6,8H2,1H3. The molecule has 0 bridgehead atoms. The number of nitrogens with one attached hydrogen (secondary N) is 1. The van der Waals surface area contributed by atoms with Gasteiger partial charge < -0.3 is 5.32 Å². The Labute approximate surface area is 96.9 Å². The third-order valence-corrected chi connectivity index (χ3v) is 4.17. The van der Waals surface area contributed by atoms with Crippen LogP contribution in [0.15, 0.2) is 16.8 Å². The molecule has 84 valence electrons. The molecular weight excluding hydrogens is 202 g/mol. The van der Waals surface area contributed by atoms with Crippen molar-refractivity contribution in [1.29, 1.82) is 0 Å². The van der Waals surface area contributed by atoms with Crippen LogP contribution < -0.4 is 5.32 Å². The van der Waals surface area contributed by atoms with Gasteiger partial charge in [0.1, 0.15) is 0 Å². The van der Waals surface area contributed by atoms with Crippen LogP contribution in [0.2, 0.25) is 0 Å². The fourth-order valence-corrected chi connectivity index (χ4v) is 3.02. The zero-order valence-corrected chi connectivity index (χ0v) is 10.4. The van der Waals surface area contributed by atoms with E-state index in [-0.39, 0.29) is 0 Å². The molecule has 2 rings (SSSR count). The van der Waals surface area contributed by atoms with Gasteiger partial charge in [0.25, 0.3) is 0 Å². The third kappa shape index (κ3) is 3.62. The number of hydrogen-bond donors (Lipinski definition) is 1. The lowest BCUT2D eigenvalue weighted by Crippen LogP contribution is -2.34. The molecule has 1 nitrogen and oxygen atoms in total. The predicted octanol–water partition coefficient (Wildman–Crippen LogP) is 3.46. The molecule has 1 aliphatic rings. The Morgan fingerprint density at radius 3 is 2.80 bits per heavy atom. The summed E-state index contributed by atoms with van der Waals surface area (Å²) in [5, 5.41) is 8.10. The van der Waals surface area contributed by atoms with E-state index in [1.807, 2.05) is 0 Å². The molecular formula is C13H21NS. The van der Waals surface area contributed by atoms with Gasteiger partial charge >= 0.3 is 0 Å². The van der Waals surface area contributed by atoms with Gasteiger partial charge in [0, 0.05) is 6.04 Å². The van der Waals surface area contributed by atoms with Gasteiger partial charge in [0.2, 0.25) is 0 Å². The van der Waals surface area contributed by atoms with Crippen LogP contribution in [0.5, 0.6) is 0 Å². The molecule has 0 aliphatic heterocycles. The van der Waals surface area contributed by atoms with Crippen LogP contribution in [-0.2, 0) is 6.42 Å². The second kappa shape index (κ2) is 5.66. The number of rotatable bonds is 4. The van der Waals surface area contributed by atoms with E-state index in [9.17, 15) is 0 Å². The van der Waals surface area contributed by atoms with Crippen LogP contribution in [0.1, 0.15) is 38.2 Å². The predicted molar refractivity (Wildman–Crippen MR) is 67.4 cm³/mol. The summed E-state index contributed by atoms with van der Waals surface area (Å²) in [4.78, 5) is 0. The molecule has 0 saturated heterocycles. The molecule has 1 heterocycles. The molecule has 1 aromatic heterocycles. The summed E-state index contributed by atoms with van der Waals surface area (Å²) in [5.41, 5.74) is 1.48. The lowest BCUT2D eigenvalue weighted by atomic mass is 9.87. The van der Waals surface area contributed by atoms with E-state index in [2.05, 4.69) is 29.1 Å². The van der Waals surface area contributed by atoms with Crippen molar-refractivity contribution < 1.29 is 0 Å². The summed E-state index contributed by atoms with van der Waals surface area (Å²) < 4.78 is 0. The van der Waals surface area contributed by atoms with Gasteiger partial charge in [-0.2, -0.15) is 11.3 Å². The second-order valence-electron chi connectivity index (χ2n) is 4.79. The van der Waals surface area contributed by atoms with Crippen LogP contribution in [0, 0.1) is 5.92 Å². The van der Waals surface area contributed by atoms with Crippen LogP contribution in [-0.4, -0.2) is 12.6 Å². The summed E-state index contributed by atoms with van der Waals surface area (Å²) >= 11 is 1.80. The van der Waals surface area contributed by atoms with E-state index < -0.39 is 0 Å². The molecule has 1 saturated carbocycles. The zero-order valence-electron chi connectivity index (χ0n) is 9.54. The van der Waals surface area contributed by atoms with E-state index in [1.54, 1.807) is 11.3 Å². The normalized spacial score (nSPS) is 26.7. The lowest BCUT2D eigenvalue weighted by molar-refractivity contribution is 0.309. The van der Waals surface area contributed by atoms with E-state index in [0.29, 0.717) is 0 Å². The summed E-state index contributed by atoms with van der Waals surface area (Å²) in [5.74, 6) is 0.958. The fourth-order valence-electron chi connectivity index (χ4n) is 2.32. The summed E-state index contributed by atoms with van der Waals surface area (Å²) in [7, 11) is 0. The average molecular weight is 223 g/mol. The summed E-state index contributed by atoms with van der Waals surface area (Å²) in [6, 6.07) is 3.02. The Morgan fingerprint density at radius 1 is 1.33 bits per heavy atom. The average Bonchev–Trinajstić information content (AvgIpc) is 2.74. The highest BCUT2D eigenvalue weighted by Crippen LogP contribution is 2.23. The van der Waals surface area contributed by atoms with E-state index in [0.717, 1.165) is 18.5 Å². The Bertz CT molecular complexity index is 260. The maximum absolute atomic E-state index is 3.69. The van der Waals surface area contributed by atoms with Crippen LogP contribution in [0.4, 0.5) is 0 Å². The molecule has 0 aromatic carbocycles. The van der Waals surface area contributed by atoms with Crippen molar-refractivity contribution >= 4 is 11.3 Å². The van der Waals surface area contributed by atoms with Gasteiger partial charge in [-0.25, -0.2) is 0 Å². The summed E-state index contributed by atoms with van der Waals surface area (Å²) in [6.07, 6.45) is 6.78. The molecule has 0 atom stereocenters. The van der Waals surface area contributed by atoms with Crippen molar-refractivity contribution in [3.8, 4) is 0 Å². The monoisotopic (exact) mass is 223 g/mol. The van der Waals surface area contributed by atoms with Crippen LogP contribution in [0.3, 0.4) is 0 Å². The second-order valence-corrected chi connectivity index (χ2v) is 5.57. The highest BCUT2D eigenvalue weighted by atomic mass is 32.1. The summed E-state index contributed by atoms with van der Waals surface area (Å²) in [6.45, 7) is 3.53. The van der Waals surface area contributed by atoms with Gasteiger partial charge in [-0.3, -0.25) is 0 Å². The van der Waals surface area contributed by atoms with E-state index in [4.69, 9.17) is 0 Å². The lowest BCUT2D eigenvalue weighted by Gasteiger charge is -2.26. The zero-order chi connectivity index (χ0) is 10.5. The minimum atomic E-state index is 0.792. The SMILES string of the molecule is CC1CCC(NCCc2ccsc2)CC1. The molecule has 15 heavy (non-hydrogen) atoms. The smallest absolute Gasteiger partial charge is 0.00673 e. The Morgan fingerprint density at radius 2 is 2.13 bits per heavy atom. The first-order valence-corrected chi connectivity index (χ1v) is 7.03. The number of thiophene rings is 1. The first kappa shape index (κ1) is 11.2. The van der Waals surface area contributed by atoms with Crippen molar-refractivity contribution in [2.45, 2.75) is 45.1 Å². The molecule has 0 radical (unpaired) electrons. The Kier molecular flexibility index (Phi) is 4.21. The van der Waals surface area contributed by atoms with Crippen molar-refractivity contribution in [2.75, 3.05) is 6.54 Å². The maximum atomic E-state index is 3.69. The van der Waals surface area contributed by atoms with Gasteiger partial charge in [0.05, 0.1) is 0 Å². The van der Waals surface area contributed by atoms with Gasteiger partial charge in [-0.15, -0.1) is 0 Å². The molecule has 2 heteroatoms. The van der Waals surface area contributed by atoms with Crippen LogP contribution in [0.25, 0.3) is 0 Å². The van der Waals surface area contributed by atoms with Gasteiger partial charge in [0.15, 0.2) is 0 Å². The Balaban J connectivity index is 1.62. The van der Waals surface area contributed by atoms with Crippen molar-refractivity contribution in [1.82, 2.24) is 5.32 Å². The molecule has 0 unspecified atom stereocenters. The number of hydrogen-bond acceptors (Lipinski definition) is 2. The highest BCUT2D eigenvalue weighted by Gasteiger charge is 2.16. The molecule has 1 fully saturated rings. The highest BCUT2D eigenvalue weighted by molar-refractivity contribution is 7.07. The molecule has 1 N–H and O–H groups in total. The largest absolute Gasteiger partial charge is 0.314 e.